The van der Waals surface area contributed by atoms with Crippen LogP contribution in [0.25, 0.3) is 21.5 Å². The van der Waals surface area contributed by atoms with Gasteiger partial charge in [0.1, 0.15) is 4.83 Å². The van der Waals surface area contributed by atoms with Gasteiger partial charge in [0, 0.05) is 35.3 Å². The zero-order chi connectivity index (χ0) is 22.4. The molecule has 0 fully saturated rings. The van der Waals surface area contributed by atoms with E-state index in [2.05, 4.69) is 9.97 Å². The first kappa shape index (κ1) is 22.2. The van der Waals surface area contributed by atoms with E-state index in [1.807, 2.05) is 35.8 Å². The van der Waals surface area contributed by atoms with Gasteiger partial charge >= 0.3 is 0 Å². The highest BCUT2D eigenvalue weighted by Crippen LogP contribution is 2.28. The largest absolute Gasteiger partial charge is 0.398 e. The maximum absolute atomic E-state index is 13.2. The number of carbonyl (C=O) groups is 1. The third kappa shape index (κ3) is 5.00. The molecule has 0 bridgehead atoms. The second-order valence-electron chi connectivity index (χ2n) is 6.48. The number of pyridine rings is 2. The number of anilines is 2. The van der Waals surface area contributed by atoms with Crippen molar-refractivity contribution in [3.63, 3.8) is 0 Å². The summed E-state index contributed by atoms with van der Waals surface area (Å²) in [6.07, 6.45) is 4.55. The molecule has 0 saturated heterocycles. The van der Waals surface area contributed by atoms with E-state index in [0.717, 1.165) is 44.2 Å². The first-order valence-electron chi connectivity index (χ1n) is 9.35. The van der Waals surface area contributed by atoms with Gasteiger partial charge in [-0.1, -0.05) is 6.92 Å². The fraction of sp³-hybridized carbons (Fsp3) is 0.136. The highest BCUT2D eigenvalue weighted by atomic mass is 32.1. The minimum absolute atomic E-state index is 0.245. The molecule has 0 unspecified atom stereocenters. The van der Waals surface area contributed by atoms with Gasteiger partial charge in [-0.3, -0.25) is 9.78 Å². The number of nitrogens with two attached hydrogens (primary N) is 1. The third-order valence-electron chi connectivity index (χ3n) is 4.34. The van der Waals surface area contributed by atoms with Crippen molar-refractivity contribution in [2.45, 2.75) is 13.3 Å². The highest BCUT2D eigenvalue weighted by molar-refractivity contribution is 7.17. The molecule has 0 radical (unpaired) electrons. The van der Waals surface area contributed by atoms with Crippen molar-refractivity contribution in [1.82, 2.24) is 9.97 Å². The average Bonchev–Trinajstić information content (AvgIpc) is 3.17. The quantitative estimate of drug-likeness (QED) is 0.330. The summed E-state index contributed by atoms with van der Waals surface area (Å²) in [7, 11) is 0. The molecule has 4 aromatic rings. The molecule has 1 amide bonds. The van der Waals surface area contributed by atoms with E-state index >= 15 is 0 Å². The molecule has 0 spiro atoms. The van der Waals surface area contributed by atoms with Crippen molar-refractivity contribution in [2.75, 3.05) is 17.2 Å². The number of rotatable bonds is 5. The van der Waals surface area contributed by atoms with E-state index in [9.17, 15) is 18.0 Å². The molecule has 3 aromatic heterocycles. The molecule has 160 valence electrons. The molecule has 9 heteroatoms. The number of benzene rings is 1. The maximum Gasteiger partial charge on any atom is 0.214 e. The van der Waals surface area contributed by atoms with Gasteiger partial charge in [0.15, 0.2) is 17.5 Å². The summed E-state index contributed by atoms with van der Waals surface area (Å²) in [4.78, 5) is 21.2. The summed E-state index contributed by atoms with van der Waals surface area (Å²) in [6.45, 7) is 2.04. The van der Waals surface area contributed by atoms with Crippen LogP contribution in [0.4, 0.5) is 24.5 Å². The number of nitrogens with zero attached hydrogens (tertiary/aromatic N) is 3. The Morgan fingerprint density at radius 2 is 1.94 bits per heavy atom. The summed E-state index contributed by atoms with van der Waals surface area (Å²) in [5.41, 5.74) is 8.33. The second-order valence-corrected chi connectivity index (χ2v) is 7.33. The smallest absolute Gasteiger partial charge is 0.214 e. The lowest BCUT2D eigenvalue weighted by Gasteiger charge is -2.17. The molecule has 3 heterocycles. The Bertz CT molecular complexity index is 1180. The topological polar surface area (TPSA) is 72.1 Å². The third-order valence-corrected chi connectivity index (χ3v) is 5.25. The van der Waals surface area contributed by atoms with Crippen LogP contribution < -0.4 is 10.6 Å². The van der Waals surface area contributed by atoms with Crippen molar-refractivity contribution in [3.8, 4) is 11.3 Å². The number of hydrogen-bond donors (Lipinski definition) is 1. The van der Waals surface area contributed by atoms with E-state index in [1.165, 1.54) is 0 Å². The Labute approximate surface area is 181 Å². The normalized spacial score (nSPS) is 10.5. The fourth-order valence-corrected chi connectivity index (χ4v) is 3.65. The summed E-state index contributed by atoms with van der Waals surface area (Å²) in [5, 5.41) is 2.95. The molecule has 0 saturated carbocycles. The van der Waals surface area contributed by atoms with Crippen LogP contribution in [0, 0.1) is 17.5 Å². The SMILES string of the molecule is CCCN(C=O)c1ccc(F)c(F)c1F.Nc1csc2nc(-c3cccnc3)ccc12. The van der Waals surface area contributed by atoms with Gasteiger partial charge in [0.25, 0.3) is 0 Å². The van der Waals surface area contributed by atoms with E-state index < -0.39 is 17.5 Å². The van der Waals surface area contributed by atoms with E-state index in [0.29, 0.717) is 12.8 Å². The number of fused-ring (bicyclic) bond motifs is 1. The van der Waals surface area contributed by atoms with E-state index in [1.54, 1.807) is 24.5 Å². The van der Waals surface area contributed by atoms with Crippen LogP contribution in [-0.2, 0) is 4.79 Å². The van der Waals surface area contributed by atoms with Crippen molar-refractivity contribution in [3.05, 3.63) is 71.6 Å². The molecular formula is C22H19F3N4OS. The van der Waals surface area contributed by atoms with Crippen LogP contribution >= 0.6 is 11.3 Å². The van der Waals surface area contributed by atoms with Gasteiger partial charge in [0.2, 0.25) is 6.41 Å². The second kappa shape index (κ2) is 10.0. The summed E-state index contributed by atoms with van der Waals surface area (Å²) < 4.78 is 38.6. The van der Waals surface area contributed by atoms with Gasteiger partial charge in [-0.25, -0.2) is 18.2 Å². The number of thiophene rings is 1. The summed E-state index contributed by atoms with van der Waals surface area (Å²) in [6, 6.07) is 9.72. The molecule has 0 aliphatic carbocycles. The van der Waals surface area contributed by atoms with E-state index in [4.69, 9.17) is 5.73 Å². The number of aromatic nitrogens is 2. The molecule has 0 aliphatic rings. The lowest BCUT2D eigenvalue weighted by Crippen LogP contribution is -2.23. The number of halogens is 3. The molecule has 31 heavy (non-hydrogen) atoms. The first-order valence-corrected chi connectivity index (χ1v) is 10.2. The number of hydrogen-bond acceptors (Lipinski definition) is 5. The van der Waals surface area contributed by atoms with Crippen molar-refractivity contribution in [2.24, 2.45) is 0 Å². The average molecular weight is 444 g/mol. The van der Waals surface area contributed by atoms with Gasteiger partial charge in [0.05, 0.1) is 17.1 Å². The summed E-state index contributed by atoms with van der Waals surface area (Å²) in [5.74, 6) is -4.16. The minimum Gasteiger partial charge on any atom is -0.398 e. The Hall–Kier alpha value is -3.46. The Morgan fingerprint density at radius 3 is 2.61 bits per heavy atom. The molecule has 4 rings (SSSR count). The zero-order valence-electron chi connectivity index (χ0n) is 16.6. The molecular weight excluding hydrogens is 425 g/mol. The van der Waals surface area contributed by atoms with Gasteiger partial charge < -0.3 is 10.6 Å². The standard InChI is InChI=1S/C12H9N3S.C10H10F3NO/c13-10-7-16-12-9(10)3-4-11(15-12)8-2-1-5-14-6-8;1-2-5-14(6-15)8-4-3-7(11)9(12)10(8)13/h1-7H,13H2;3-4,6H,2,5H2,1H3. The lowest BCUT2D eigenvalue weighted by atomic mass is 10.2. The molecule has 0 atom stereocenters. The van der Waals surface area contributed by atoms with Crippen LogP contribution in [0.3, 0.4) is 0 Å². The molecule has 2 N–H and O–H groups in total. The maximum atomic E-state index is 13.2. The predicted octanol–water partition coefficient (Wildman–Crippen LogP) is 5.42. The van der Waals surface area contributed by atoms with Crippen molar-refractivity contribution < 1.29 is 18.0 Å². The van der Waals surface area contributed by atoms with Gasteiger partial charge in [-0.15, -0.1) is 11.3 Å². The first-order chi connectivity index (χ1) is 15.0. The van der Waals surface area contributed by atoms with Crippen LogP contribution in [0.2, 0.25) is 0 Å². The molecule has 1 aromatic carbocycles. The number of amides is 1. The Kier molecular flexibility index (Phi) is 7.19. The van der Waals surface area contributed by atoms with Crippen molar-refractivity contribution >= 4 is 39.3 Å². The van der Waals surface area contributed by atoms with Crippen LogP contribution in [-0.4, -0.2) is 22.9 Å². The highest BCUT2D eigenvalue weighted by Gasteiger charge is 2.17. The van der Waals surface area contributed by atoms with E-state index in [-0.39, 0.29) is 12.2 Å². The molecule has 5 nitrogen and oxygen atoms in total. The van der Waals surface area contributed by atoms with Crippen molar-refractivity contribution in [1.29, 1.82) is 0 Å². The van der Waals surface area contributed by atoms with Gasteiger partial charge in [-0.05, 0) is 42.8 Å². The lowest BCUT2D eigenvalue weighted by molar-refractivity contribution is -0.107. The van der Waals surface area contributed by atoms with Crippen LogP contribution in [0.15, 0.2) is 54.2 Å². The predicted molar refractivity (Wildman–Crippen MR) is 117 cm³/mol. The van der Waals surface area contributed by atoms with Crippen LogP contribution in [0.1, 0.15) is 13.3 Å². The molecule has 0 aliphatic heterocycles. The Balaban J connectivity index is 0.000000176. The number of nitrogen functional groups attached to an aromatic ring is 1. The number of carbonyl (C=O) groups excluding carboxylic acids is 1. The summed E-state index contributed by atoms with van der Waals surface area (Å²) >= 11 is 1.57. The Morgan fingerprint density at radius 1 is 1.13 bits per heavy atom. The monoisotopic (exact) mass is 444 g/mol. The van der Waals surface area contributed by atoms with Crippen LogP contribution in [0.5, 0.6) is 0 Å². The fourth-order valence-electron chi connectivity index (χ4n) is 2.82. The zero-order valence-corrected chi connectivity index (χ0v) is 17.4. The van der Waals surface area contributed by atoms with Gasteiger partial charge in [-0.2, -0.15) is 0 Å². The minimum atomic E-state index is -1.56.